The molecule has 0 unspecified atom stereocenters. The van der Waals surface area contributed by atoms with E-state index in [1.165, 1.54) is 41.4 Å². The summed E-state index contributed by atoms with van der Waals surface area (Å²) in [7, 11) is 0. The van der Waals surface area contributed by atoms with Gasteiger partial charge in [0, 0.05) is 5.69 Å². The molecule has 0 saturated heterocycles. The van der Waals surface area contributed by atoms with Crippen LogP contribution in [0.5, 0.6) is 5.75 Å². The van der Waals surface area contributed by atoms with Crippen molar-refractivity contribution >= 4 is 11.8 Å². The Morgan fingerprint density at radius 3 is 2.57 bits per heavy atom. The fourth-order valence-electron chi connectivity index (χ4n) is 2.88. The maximum absolute atomic E-state index is 13.1. The van der Waals surface area contributed by atoms with Crippen LogP contribution < -0.4 is 15.6 Å². The summed E-state index contributed by atoms with van der Waals surface area (Å²) in [5.74, 6) is -0.571. The fraction of sp³-hybridized carbons (Fsp3) is 0.227. The number of hydrazine groups is 1. The van der Waals surface area contributed by atoms with Gasteiger partial charge in [-0.2, -0.15) is 0 Å². The van der Waals surface area contributed by atoms with Crippen molar-refractivity contribution in [3.05, 3.63) is 77.6 Å². The van der Waals surface area contributed by atoms with Gasteiger partial charge in [-0.05, 0) is 54.3 Å². The number of nitrogens with one attached hydrogen (secondary N) is 2. The third kappa shape index (κ3) is 5.02. The van der Waals surface area contributed by atoms with E-state index in [0.29, 0.717) is 11.4 Å². The first-order valence-electron chi connectivity index (χ1n) is 9.46. The van der Waals surface area contributed by atoms with E-state index in [1.54, 1.807) is 0 Å². The Morgan fingerprint density at radius 2 is 1.87 bits per heavy atom. The van der Waals surface area contributed by atoms with Crippen LogP contribution >= 0.6 is 0 Å². The van der Waals surface area contributed by atoms with Gasteiger partial charge in [-0.1, -0.05) is 26.0 Å². The number of carbonyl (C=O) groups is 2. The summed E-state index contributed by atoms with van der Waals surface area (Å²) in [5.41, 5.74) is 7.44. The normalized spacial score (nSPS) is 10.7. The van der Waals surface area contributed by atoms with Crippen LogP contribution in [0.2, 0.25) is 0 Å². The Balaban J connectivity index is 1.59. The standard InChI is InChI=1S/C22H23FN4O3/c1-14(2)18-9-4-15(3)10-20(18)30-12-21(28)25-26-22(29)19-11-24-13-27(19)17-7-5-16(23)6-8-17/h4-11,13-14H,12H2,1-3H3,(H,25,28)(H,26,29). The van der Waals surface area contributed by atoms with Gasteiger partial charge < -0.3 is 4.74 Å². The number of aryl methyl sites for hydroxylation is 1. The van der Waals surface area contributed by atoms with Crippen molar-refractivity contribution in [3.63, 3.8) is 0 Å². The van der Waals surface area contributed by atoms with E-state index < -0.39 is 11.8 Å². The van der Waals surface area contributed by atoms with Gasteiger partial charge in [0.25, 0.3) is 11.8 Å². The molecule has 3 rings (SSSR count). The van der Waals surface area contributed by atoms with Gasteiger partial charge >= 0.3 is 0 Å². The molecule has 0 radical (unpaired) electrons. The molecule has 1 heterocycles. The number of aromatic nitrogens is 2. The Bertz CT molecular complexity index is 1040. The van der Waals surface area contributed by atoms with Crippen molar-refractivity contribution in [2.75, 3.05) is 6.61 Å². The molecule has 0 fully saturated rings. The third-order valence-corrected chi connectivity index (χ3v) is 4.44. The lowest BCUT2D eigenvalue weighted by atomic mass is 10.0. The Morgan fingerprint density at radius 1 is 1.13 bits per heavy atom. The van der Waals surface area contributed by atoms with E-state index in [0.717, 1.165) is 11.1 Å². The summed E-state index contributed by atoms with van der Waals surface area (Å²) in [6.07, 6.45) is 2.78. The Hall–Kier alpha value is -3.68. The smallest absolute Gasteiger partial charge is 0.288 e. The number of halogens is 1. The van der Waals surface area contributed by atoms with E-state index in [9.17, 15) is 14.0 Å². The number of imidazole rings is 1. The predicted molar refractivity (Wildman–Crippen MR) is 110 cm³/mol. The molecule has 7 nitrogen and oxygen atoms in total. The van der Waals surface area contributed by atoms with Crippen molar-refractivity contribution < 1.29 is 18.7 Å². The largest absolute Gasteiger partial charge is 0.483 e. The highest BCUT2D eigenvalue weighted by Gasteiger charge is 2.15. The molecular formula is C22H23FN4O3. The molecule has 0 spiro atoms. The summed E-state index contributed by atoms with van der Waals surface area (Å²) in [6.45, 7) is 5.78. The zero-order chi connectivity index (χ0) is 21.7. The lowest BCUT2D eigenvalue weighted by molar-refractivity contribution is -0.123. The van der Waals surface area contributed by atoms with E-state index >= 15 is 0 Å². The summed E-state index contributed by atoms with van der Waals surface area (Å²) in [4.78, 5) is 28.5. The average Bonchev–Trinajstić information content (AvgIpc) is 3.20. The fourth-order valence-corrected chi connectivity index (χ4v) is 2.88. The average molecular weight is 410 g/mol. The van der Waals surface area contributed by atoms with Crippen LogP contribution in [0.15, 0.2) is 55.0 Å². The molecule has 0 saturated carbocycles. The number of nitrogens with zero attached hydrogens (tertiary/aromatic N) is 2. The van der Waals surface area contributed by atoms with Crippen LogP contribution in [0.3, 0.4) is 0 Å². The summed E-state index contributed by atoms with van der Waals surface area (Å²) in [6, 6.07) is 11.5. The molecule has 8 heteroatoms. The first kappa shape index (κ1) is 21.0. The second-order valence-corrected chi connectivity index (χ2v) is 7.11. The Labute approximate surface area is 173 Å². The van der Waals surface area contributed by atoms with Crippen LogP contribution in [0.4, 0.5) is 4.39 Å². The number of carbonyl (C=O) groups excluding carboxylic acids is 2. The topological polar surface area (TPSA) is 85.2 Å². The first-order chi connectivity index (χ1) is 14.3. The number of rotatable bonds is 6. The highest BCUT2D eigenvalue weighted by molar-refractivity contribution is 5.94. The van der Waals surface area contributed by atoms with Crippen molar-refractivity contribution in [3.8, 4) is 11.4 Å². The molecule has 0 bridgehead atoms. The molecule has 1 aromatic heterocycles. The summed E-state index contributed by atoms with van der Waals surface area (Å²) in [5, 5.41) is 0. The second-order valence-electron chi connectivity index (χ2n) is 7.11. The summed E-state index contributed by atoms with van der Waals surface area (Å²) < 4.78 is 20.3. The number of hydrogen-bond acceptors (Lipinski definition) is 4. The van der Waals surface area contributed by atoms with Crippen molar-refractivity contribution in [2.45, 2.75) is 26.7 Å². The Kier molecular flexibility index (Phi) is 6.46. The van der Waals surface area contributed by atoms with Gasteiger partial charge in [-0.25, -0.2) is 9.37 Å². The molecule has 0 aliphatic heterocycles. The van der Waals surface area contributed by atoms with Gasteiger partial charge in [0.2, 0.25) is 0 Å². The third-order valence-electron chi connectivity index (χ3n) is 4.44. The highest BCUT2D eigenvalue weighted by atomic mass is 19.1. The van der Waals surface area contributed by atoms with E-state index in [1.807, 2.05) is 39.0 Å². The van der Waals surface area contributed by atoms with Gasteiger partial charge in [0.15, 0.2) is 6.61 Å². The molecule has 2 amide bonds. The van der Waals surface area contributed by atoms with Gasteiger partial charge in [-0.15, -0.1) is 0 Å². The van der Waals surface area contributed by atoms with Gasteiger partial charge in [0.05, 0.1) is 12.5 Å². The number of ether oxygens (including phenoxy) is 1. The number of hydrogen-bond donors (Lipinski definition) is 2. The van der Waals surface area contributed by atoms with Gasteiger partial charge in [0.1, 0.15) is 17.3 Å². The van der Waals surface area contributed by atoms with Crippen molar-refractivity contribution in [1.29, 1.82) is 0 Å². The maximum atomic E-state index is 13.1. The van der Waals surface area contributed by atoms with Crippen LogP contribution in [0.1, 0.15) is 41.4 Å². The minimum atomic E-state index is -0.566. The molecular weight excluding hydrogens is 387 g/mol. The SMILES string of the molecule is Cc1ccc(C(C)C)c(OCC(=O)NNC(=O)c2cncn2-c2ccc(F)cc2)c1. The lowest BCUT2D eigenvalue weighted by Crippen LogP contribution is -2.44. The minimum Gasteiger partial charge on any atom is -0.483 e. The first-order valence-corrected chi connectivity index (χ1v) is 9.46. The maximum Gasteiger partial charge on any atom is 0.288 e. The predicted octanol–water partition coefficient (Wildman–Crippen LogP) is 3.28. The van der Waals surface area contributed by atoms with E-state index in [2.05, 4.69) is 15.8 Å². The molecule has 2 N–H and O–H groups in total. The highest BCUT2D eigenvalue weighted by Crippen LogP contribution is 2.27. The quantitative estimate of drug-likeness (QED) is 0.611. The van der Waals surface area contributed by atoms with Gasteiger partial charge in [-0.3, -0.25) is 25.0 Å². The van der Waals surface area contributed by atoms with E-state index in [4.69, 9.17) is 4.74 Å². The minimum absolute atomic E-state index is 0.184. The molecule has 3 aromatic rings. The number of benzene rings is 2. The zero-order valence-corrected chi connectivity index (χ0v) is 17.0. The van der Waals surface area contributed by atoms with Crippen molar-refractivity contribution in [2.24, 2.45) is 0 Å². The molecule has 156 valence electrons. The zero-order valence-electron chi connectivity index (χ0n) is 17.0. The van der Waals surface area contributed by atoms with Crippen LogP contribution in [-0.4, -0.2) is 28.0 Å². The monoisotopic (exact) mass is 410 g/mol. The molecule has 2 aromatic carbocycles. The molecule has 0 aliphatic carbocycles. The molecule has 0 atom stereocenters. The molecule has 0 aliphatic rings. The van der Waals surface area contributed by atoms with Crippen molar-refractivity contribution in [1.82, 2.24) is 20.4 Å². The lowest BCUT2D eigenvalue weighted by Gasteiger charge is -2.15. The second kappa shape index (κ2) is 9.21. The molecule has 30 heavy (non-hydrogen) atoms. The summed E-state index contributed by atoms with van der Waals surface area (Å²) >= 11 is 0. The van der Waals surface area contributed by atoms with E-state index in [-0.39, 0.29) is 24.0 Å². The van der Waals surface area contributed by atoms with Crippen LogP contribution in [0.25, 0.3) is 5.69 Å². The van der Waals surface area contributed by atoms with Crippen LogP contribution in [0, 0.1) is 12.7 Å². The number of amides is 2. The van der Waals surface area contributed by atoms with Crippen LogP contribution in [-0.2, 0) is 4.79 Å².